The molecule has 2 rings (SSSR count). The van der Waals surface area contributed by atoms with Crippen LogP contribution in [0.5, 0.6) is 0 Å². The molecule has 9 heteroatoms. The fraction of sp³-hybridized carbons (Fsp3) is 0.188. The zero-order valence-corrected chi connectivity index (χ0v) is 14.7. The first-order valence-corrected chi connectivity index (χ1v) is 9.05. The molecule has 2 aromatic rings. The third-order valence-electron chi connectivity index (χ3n) is 3.33. The topological polar surface area (TPSA) is 66.5 Å². The molecule has 1 N–H and O–H groups in total. The molecule has 0 spiro atoms. The van der Waals surface area contributed by atoms with Crippen molar-refractivity contribution in [2.24, 2.45) is 0 Å². The average molecular weight is 389 g/mol. The highest BCUT2D eigenvalue weighted by atomic mass is 35.5. The Morgan fingerprint density at radius 2 is 1.80 bits per heavy atom. The quantitative estimate of drug-likeness (QED) is 0.827. The van der Waals surface area contributed by atoms with Gasteiger partial charge in [0, 0.05) is 31.1 Å². The summed E-state index contributed by atoms with van der Waals surface area (Å²) in [6.45, 7) is 0.933. The lowest BCUT2D eigenvalue weighted by Gasteiger charge is -2.22. The van der Waals surface area contributed by atoms with E-state index in [1.54, 1.807) is 0 Å². The molecule has 0 saturated heterocycles. The van der Waals surface area contributed by atoms with E-state index in [0.29, 0.717) is 11.1 Å². The summed E-state index contributed by atoms with van der Waals surface area (Å²) >= 11 is 5.71. The number of sulfonamides is 1. The lowest BCUT2D eigenvalue weighted by Crippen LogP contribution is -2.38. The van der Waals surface area contributed by atoms with Gasteiger partial charge in [0.25, 0.3) is 0 Å². The first kappa shape index (κ1) is 19.3. The fourth-order valence-electron chi connectivity index (χ4n) is 2.14. The van der Waals surface area contributed by atoms with Crippen molar-refractivity contribution in [2.45, 2.75) is 11.8 Å². The van der Waals surface area contributed by atoms with Crippen LogP contribution >= 0.6 is 11.6 Å². The number of amides is 1. The molecule has 25 heavy (non-hydrogen) atoms. The largest absolute Gasteiger partial charge is 0.309 e. The fourth-order valence-corrected chi connectivity index (χ4v) is 3.28. The highest BCUT2D eigenvalue weighted by Crippen LogP contribution is 2.20. The van der Waals surface area contributed by atoms with E-state index in [0.717, 1.165) is 17.0 Å². The van der Waals surface area contributed by atoms with Gasteiger partial charge in [-0.2, -0.15) is 0 Å². The minimum absolute atomic E-state index is 0.0132. The minimum Gasteiger partial charge on any atom is -0.309 e. The smallest absolute Gasteiger partial charge is 0.240 e. The van der Waals surface area contributed by atoms with Crippen LogP contribution < -0.4 is 9.62 Å². The lowest BCUT2D eigenvalue weighted by molar-refractivity contribution is -0.116. The number of nitrogens with zero attached hydrogens (tertiary/aromatic N) is 1. The van der Waals surface area contributed by atoms with Crippen LogP contribution in [0.1, 0.15) is 6.92 Å². The molecule has 5 nitrogen and oxygen atoms in total. The summed E-state index contributed by atoms with van der Waals surface area (Å²) in [5, 5.41) is 0.397. The van der Waals surface area contributed by atoms with Crippen LogP contribution in [0.15, 0.2) is 47.4 Å². The van der Waals surface area contributed by atoms with Crippen molar-refractivity contribution >= 4 is 33.2 Å². The molecule has 0 aromatic heterocycles. The molecule has 0 aliphatic heterocycles. The molecule has 0 aliphatic rings. The van der Waals surface area contributed by atoms with Crippen LogP contribution in [-0.2, 0) is 14.8 Å². The second-order valence-corrected chi connectivity index (χ2v) is 7.32. The number of carbonyl (C=O) groups excluding carboxylic acids is 1. The summed E-state index contributed by atoms with van der Waals surface area (Å²) in [6, 6.07) is 8.35. The molecule has 0 bridgehead atoms. The molecule has 0 fully saturated rings. The van der Waals surface area contributed by atoms with Crippen molar-refractivity contribution in [3.8, 4) is 0 Å². The van der Waals surface area contributed by atoms with Gasteiger partial charge in [0.15, 0.2) is 0 Å². The zero-order chi connectivity index (χ0) is 18.6. The minimum atomic E-state index is -3.80. The standard InChI is InChI=1S/C16H15ClF2N2O3S/c1-11(22)21(16-7-4-13(18)10-15(16)19)9-8-20-25(23,24)14-5-2-12(17)3-6-14/h2-7,10,20H,8-9H2,1H3. The van der Waals surface area contributed by atoms with E-state index in [9.17, 15) is 22.0 Å². The molecule has 0 heterocycles. The molecule has 1 amide bonds. The second kappa shape index (κ2) is 7.90. The number of carbonyl (C=O) groups is 1. The van der Waals surface area contributed by atoms with E-state index >= 15 is 0 Å². The van der Waals surface area contributed by atoms with Crippen molar-refractivity contribution in [3.63, 3.8) is 0 Å². The van der Waals surface area contributed by atoms with Gasteiger partial charge in [-0.3, -0.25) is 4.79 Å². The third-order valence-corrected chi connectivity index (χ3v) is 5.06. The monoisotopic (exact) mass is 388 g/mol. The van der Waals surface area contributed by atoms with E-state index in [1.165, 1.54) is 31.2 Å². The number of benzene rings is 2. The Balaban J connectivity index is 2.09. The number of nitrogens with one attached hydrogen (secondary N) is 1. The van der Waals surface area contributed by atoms with Gasteiger partial charge in [-0.25, -0.2) is 21.9 Å². The number of hydrogen-bond acceptors (Lipinski definition) is 3. The van der Waals surface area contributed by atoms with Gasteiger partial charge in [0.05, 0.1) is 10.6 Å². The predicted octanol–water partition coefficient (Wildman–Crippen LogP) is 2.95. The summed E-state index contributed by atoms with van der Waals surface area (Å²) in [4.78, 5) is 12.8. The molecule has 0 atom stereocenters. The third kappa shape index (κ3) is 4.97. The molecule has 134 valence electrons. The highest BCUT2D eigenvalue weighted by Gasteiger charge is 2.18. The van der Waals surface area contributed by atoms with Crippen LogP contribution in [0, 0.1) is 11.6 Å². The van der Waals surface area contributed by atoms with Gasteiger partial charge in [-0.15, -0.1) is 0 Å². The van der Waals surface area contributed by atoms with Gasteiger partial charge in [-0.1, -0.05) is 11.6 Å². The van der Waals surface area contributed by atoms with Crippen LogP contribution in [0.2, 0.25) is 5.02 Å². The Labute approximate surface area is 149 Å². The average Bonchev–Trinajstić information content (AvgIpc) is 2.52. The molecule has 0 saturated carbocycles. The first-order valence-electron chi connectivity index (χ1n) is 7.19. The first-order chi connectivity index (χ1) is 11.7. The maximum atomic E-state index is 13.8. The van der Waals surface area contributed by atoms with Gasteiger partial charge < -0.3 is 4.90 Å². The number of rotatable bonds is 6. The summed E-state index contributed by atoms with van der Waals surface area (Å²) in [7, 11) is -3.80. The molecule has 2 aromatic carbocycles. The van der Waals surface area contributed by atoms with Gasteiger partial charge >= 0.3 is 0 Å². The maximum absolute atomic E-state index is 13.8. The lowest BCUT2D eigenvalue weighted by atomic mass is 10.2. The van der Waals surface area contributed by atoms with E-state index in [2.05, 4.69) is 4.72 Å². The second-order valence-electron chi connectivity index (χ2n) is 5.12. The van der Waals surface area contributed by atoms with Crippen LogP contribution in [-0.4, -0.2) is 27.4 Å². The van der Waals surface area contributed by atoms with Gasteiger partial charge in [0.1, 0.15) is 11.6 Å². The van der Waals surface area contributed by atoms with E-state index in [-0.39, 0.29) is 23.7 Å². The van der Waals surface area contributed by atoms with Crippen molar-refractivity contribution in [3.05, 3.63) is 59.1 Å². The zero-order valence-electron chi connectivity index (χ0n) is 13.2. The maximum Gasteiger partial charge on any atom is 0.240 e. The van der Waals surface area contributed by atoms with Crippen LogP contribution in [0.3, 0.4) is 0 Å². The number of hydrogen-bond donors (Lipinski definition) is 1. The number of halogens is 3. The molecular formula is C16H15ClF2N2O3S. The van der Waals surface area contributed by atoms with Crippen molar-refractivity contribution in [1.82, 2.24) is 4.72 Å². The summed E-state index contributed by atoms with van der Waals surface area (Å²) in [5.74, 6) is -2.18. The Kier molecular flexibility index (Phi) is 6.10. The predicted molar refractivity (Wildman–Crippen MR) is 91.0 cm³/mol. The van der Waals surface area contributed by atoms with Gasteiger partial charge in [0.2, 0.25) is 15.9 Å². The van der Waals surface area contributed by atoms with E-state index in [1.807, 2.05) is 0 Å². The number of anilines is 1. The van der Waals surface area contributed by atoms with Crippen molar-refractivity contribution < 1.29 is 22.0 Å². The summed E-state index contributed by atoms with van der Waals surface area (Å²) in [5.41, 5.74) is -0.125. The summed E-state index contributed by atoms with van der Waals surface area (Å²) in [6.07, 6.45) is 0. The highest BCUT2D eigenvalue weighted by molar-refractivity contribution is 7.89. The van der Waals surface area contributed by atoms with Crippen molar-refractivity contribution in [1.29, 1.82) is 0 Å². The van der Waals surface area contributed by atoms with Crippen LogP contribution in [0.4, 0.5) is 14.5 Å². The van der Waals surface area contributed by atoms with Crippen molar-refractivity contribution in [2.75, 3.05) is 18.0 Å². The summed E-state index contributed by atoms with van der Waals surface area (Å²) < 4.78 is 53.5. The Bertz CT molecular complexity index is 873. The van der Waals surface area contributed by atoms with E-state index in [4.69, 9.17) is 11.6 Å². The Morgan fingerprint density at radius 1 is 1.16 bits per heavy atom. The SMILES string of the molecule is CC(=O)N(CCNS(=O)(=O)c1ccc(Cl)cc1)c1ccc(F)cc1F. The Hall–Kier alpha value is -2.03. The molecule has 0 aliphatic carbocycles. The van der Waals surface area contributed by atoms with Gasteiger partial charge in [-0.05, 0) is 36.4 Å². The molecule has 0 radical (unpaired) electrons. The van der Waals surface area contributed by atoms with E-state index < -0.39 is 27.6 Å². The van der Waals surface area contributed by atoms with Crippen LogP contribution in [0.25, 0.3) is 0 Å². The molecular weight excluding hydrogens is 374 g/mol. The normalized spacial score (nSPS) is 11.4. The molecule has 0 unspecified atom stereocenters. The Morgan fingerprint density at radius 3 is 2.36 bits per heavy atom.